The zero-order chi connectivity index (χ0) is 22.7. The van der Waals surface area contributed by atoms with Gasteiger partial charge in [0.15, 0.2) is 0 Å². The molecule has 2 aromatic rings. The van der Waals surface area contributed by atoms with Gasteiger partial charge in [-0.1, -0.05) is 49.6 Å². The molecule has 8 heteroatoms. The van der Waals surface area contributed by atoms with Crippen molar-refractivity contribution in [3.05, 3.63) is 65.1 Å². The molecule has 1 heterocycles. The van der Waals surface area contributed by atoms with E-state index in [9.17, 15) is 18.0 Å². The third-order valence-corrected chi connectivity index (χ3v) is 8.36. The number of sulfonamides is 1. The Morgan fingerprint density at radius 2 is 1.66 bits per heavy atom. The fraction of sp³-hybridized carbons (Fsp3) is 0.333. The summed E-state index contributed by atoms with van der Waals surface area (Å²) in [5, 5.41) is -0.216. The van der Waals surface area contributed by atoms with Crippen LogP contribution < -0.4 is 4.72 Å². The summed E-state index contributed by atoms with van der Waals surface area (Å²) in [7, 11) is -3.67. The van der Waals surface area contributed by atoms with Gasteiger partial charge in [-0.3, -0.25) is 19.2 Å². The number of amides is 2. The third kappa shape index (κ3) is 4.91. The van der Waals surface area contributed by atoms with Gasteiger partial charge < -0.3 is 0 Å². The molecule has 2 fully saturated rings. The Morgan fingerprint density at radius 3 is 2.31 bits per heavy atom. The van der Waals surface area contributed by atoms with Crippen LogP contribution in [-0.4, -0.2) is 30.5 Å². The molecule has 0 spiro atoms. The molecule has 1 N–H and O–H groups in total. The van der Waals surface area contributed by atoms with Gasteiger partial charge in [0.25, 0.3) is 21.2 Å². The fourth-order valence-electron chi connectivity index (χ4n) is 4.27. The average molecular weight is 471 g/mol. The van der Waals surface area contributed by atoms with E-state index >= 15 is 0 Å². The van der Waals surface area contributed by atoms with E-state index in [0.29, 0.717) is 16.5 Å². The smallest absolute Gasteiger partial charge is 0.280 e. The van der Waals surface area contributed by atoms with Crippen LogP contribution in [0.2, 0.25) is 0 Å². The summed E-state index contributed by atoms with van der Waals surface area (Å²) in [6.45, 7) is 1.98. The van der Waals surface area contributed by atoms with Crippen molar-refractivity contribution in [1.82, 2.24) is 4.90 Å². The molecule has 32 heavy (non-hydrogen) atoms. The minimum atomic E-state index is -3.67. The molecule has 1 saturated heterocycles. The lowest BCUT2D eigenvalue weighted by Crippen LogP contribution is -2.42. The monoisotopic (exact) mass is 470 g/mol. The van der Waals surface area contributed by atoms with Crippen molar-refractivity contribution in [2.75, 3.05) is 4.72 Å². The van der Waals surface area contributed by atoms with Crippen molar-refractivity contribution in [3.63, 3.8) is 0 Å². The van der Waals surface area contributed by atoms with Crippen LogP contribution in [0.4, 0.5) is 10.5 Å². The molecule has 0 bridgehead atoms. The van der Waals surface area contributed by atoms with Gasteiger partial charge in [0.05, 0.1) is 9.80 Å². The Labute approximate surface area is 193 Å². The maximum Gasteiger partial charge on any atom is 0.293 e. The molecule has 1 atom stereocenters. The van der Waals surface area contributed by atoms with Crippen LogP contribution in [0.25, 0.3) is 6.08 Å². The highest BCUT2D eigenvalue weighted by atomic mass is 32.2. The number of nitrogens with zero attached hydrogens (tertiary/aromatic N) is 1. The van der Waals surface area contributed by atoms with Crippen molar-refractivity contribution in [2.45, 2.75) is 50.0 Å². The van der Waals surface area contributed by atoms with Gasteiger partial charge in [0, 0.05) is 11.7 Å². The normalized spacial score (nSPS) is 20.0. The Hall–Kier alpha value is -2.58. The molecule has 0 radical (unpaired) electrons. The maximum atomic E-state index is 12.9. The zero-order valence-corrected chi connectivity index (χ0v) is 19.5. The second kappa shape index (κ2) is 9.50. The number of carbonyl (C=O) groups excluding carboxylic acids is 2. The first-order valence-corrected chi connectivity index (χ1v) is 13.1. The van der Waals surface area contributed by atoms with Gasteiger partial charge in [-0.25, -0.2) is 8.42 Å². The van der Waals surface area contributed by atoms with E-state index in [1.165, 1.54) is 23.5 Å². The largest absolute Gasteiger partial charge is 0.293 e. The highest BCUT2D eigenvalue weighted by Gasteiger charge is 2.40. The number of carbonyl (C=O) groups is 2. The van der Waals surface area contributed by atoms with E-state index < -0.39 is 10.0 Å². The van der Waals surface area contributed by atoms with Gasteiger partial charge in [-0.05, 0) is 73.4 Å². The molecule has 1 saturated carbocycles. The van der Waals surface area contributed by atoms with Crippen LogP contribution >= 0.6 is 11.8 Å². The lowest BCUT2D eigenvalue weighted by Gasteiger charge is -2.32. The average Bonchev–Trinajstić information content (AvgIpc) is 3.08. The second-order valence-corrected chi connectivity index (χ2v) is 10.9. The van der Waals surface area contributed by atoms with E-state index in [1.807, 2.05) is 6.92 Å². The van der Waals surface area contributed by atoms with Crippen molar-refractivity contribution in [3.8, 4) is 0 Å². The number of rotatable bonds is 6. The lowest BCUT2D eigenvalue weighted by molar-refractivity contribution is -0.125. The van der Waals surface area contributed by atoms with Crippen LogP contribution in [0, 0.1) is 5.92 Å². The number of hydrogen-bond acceptors (Lipinski definition) is 5. The summed E-state index contributed by atoms with van der Waals surface area (Å²) in [6, 6.07) is 14.8. The van der Waals surface area contributed by atoms with Crippen molar-refractivity contribution >= 4 is 44.7 Å². The molecule has 6 nitrogen and oxygen atoms in total. The first kappa shape index (κ1) is 22.6. The lowest BCUT2D eigenvalue weighted by atomic mass is 9.84. The van der Waals surface area contributed by atoms with Crippen molar-refractivity contribution in [1.29, 1.82) is 0 Å². The molecule has 1 aliphatic heterocycles. The summed E-state index contributed by atoms with van der Waals surface area (Å²) in [6.07, 6.45) is 7.34. The van der Waals surface area contributed by atoms with E-state index in [4.69, 9.17) is 0 Å². The van der Waals surface area contributed by atoms with Gasteiger partial charge >= 0.3 is 0 Å². The van der Waals surface area contributed by atoms with Gasteiger partial charge in [-0.15, -0.1) is 0 Å². The minimum Gasteiger partial charge on any atom is -0.280 e. The second-order valence-electron chi connectivity index (χ2n) is 8.23. The highest BCUT2D eigenvalue weighted by molar-refractivity contribution is 8.18. The number of hydrogen-bond donors (Lipinski definition) is 1. The zero-order valence-electron chi connectivity index (χ0n) is 17.9. The Bertz CT molecular complexity index is 1120. The topological polar surface area (TPSA) is 83.6 Å². The highest BCUT2D eigenvalue weighted by Crippen LogP contribution is 2.38. The molecule has 0 aromatic heterocycles. The van der Waals surface area contributed by atoms with E-state index in [1.54, 1.807) is 48.5 Å². The molecule has 2 amide bonds. The number of anilines is 1. The first-order chi connectivity index (χ1) is 15.3. The quantitative estimate of drug-likeness (QED) is 0.564. The molecule has 2 aliphatic rings. The molecule has 1 unspecified atom stereocenters. The number of imide groups is 1. The van der Waals surface area contributed by atoms with Crippen LogP contribution in [0.5, 0.6) is 0 Å². The van der Waals surface area contributed by atoms with Gasteiger partial charge in [0.1, 0.15) is 0 Å². The maximum absolute atomic E-state index is 12.9. The molecular weight excluding hydrogens is 444 g/mol. The van der Waals surface area contributed by atoms with Gasteiger partial charge in [0.2, 0.25) is 0 Å². The Kier molecular flexibility index (Phi) is 6.71. The third-order valence-electron chi connectivity index (χ3n) is 6.08. The molecule has 168 valence electrons. The van der Waals surface area contributed by atoms with E-state index in [2.05, 4.69) is 4.72 Å². The summed E-state index contributed by atoms with van der Waals surface area (Å²) < 4.78 is 27.5. The number of thioether (sulfide) groups is 1. The van der Waals surface area contributed by atoms with Crippen LogP contribution in [0.3, 0.4) is 0 Å². The Balaban J connectivity index is 1.46. The van der Waals surface area contributed by atoms with E-state index in [0.717, 1.165) is 43.0 Å². The molecule has 1 aliphatic carbocycles. The standard InChI is InChI=1S/C24H26N2O4S2/c1-17(19-8-4-2-5-9-19)26-23(27)22(31-24(26)28)16-18-12-14-20(15-13-18)25-32(29,30)21-10-6-3-7-11-21/h3,6-7,10-17,19,25H,2,4-5,8-9H2,1H3. The fourth-order valence-corrected chi connectivity index (χ4v) is 6.27. The molecular formula is C24H26N2O4S2. The summed E-state index contributed by atoms with van der Waals surface area (Å²) in [4.78, 5) is 27.5. The number of nitrogens with one attached hydrogen (secondary N) is 1. The molecule has 4 rings (SSSR count). The van der Waals surface area contributed by atoms with Crippen LogP contribution in [0.15, 0.2) is 64.4 Å². The van der Waals surface area contributed by atoms with Gasteiger partial charge in [-0.2, -0.15) is 0 Å². The number of benzene rings is 2. The van der Waals surface area contributed by atoms with Crippen molar-refractivity contribution in [2.24, 2.45) is 5.92 Å². The SMILES string of the molecule is CC(C1CCCCC1)N1C(=O)SC(=Cc2ccc(NS(=O)(=O)c3ccccc3)cc2)C1=O. The molecule has 2 aromatic carbocycles. The van der Waals surface area contributed by atoms with Crippen LogP contribution in [-0.2, 0) is 14.8 Å². The Morgan fingerprint density at radius 1 is 1.00 bits per heavy atom. The van der Waals surface area contributed by atoms with Crippen molar-refractivity contribution < 1.29 is 18.0 Å². The van der Waals surface area contributed by atoms with Crippen LogP contribution in [0.1, 0.15) is 44.6 Å². The summed E-state index contributed by atoms with van der Waals surface area (Å²) >= 11 is 0.967. The first-order valence-electron chi connectivity index (χ1n) is 10.8. The summed E-state index contributed by atoms with van der Waals surface area (Å²) in [5.74, 6) is 0.125. The summed E-state index contributed by atoms with van der Waals surface area (Å²) in [5.41, 5.74) is 1.15. The van der Waals surface area contributed by atoms with E-state index in [-0.39, 0.29) is 22.1 Å². The minimum absolute atomic E-state index is 0.0940. The predicted molar refractivity (Wildman–Crippen MR) is 128 cm³/mol. The predicted octanol–water partition coefficient (Wildman–Crippen LogP) is 5.49.